The van der Waals surface area contributed by atoms with Crippen LogP contribution < -0.4 is 5.73 Å². The average molecular weight is 236 g/mol. The maximum absolute atomic E-state index is 12.0. The zero-order valence-electron chi connectivity index (χ0n) is 10.3. The Morgan fingerprint density at radius 3 is 2.53 bits per heavy atom. The van der Waals surface area contributed by atoms with Gasteiger partial charge in [0.25, 0.3) is 0 Å². The molecule has 2 N–H and O–H groups in total. The van der Waals surface area contributed by atoms with Crippen molar-refractivity contribution in [2.24, 2.45) is 17.6 Å². The number of carbonyl (C=O) groups is 2. The predicted molar refractivity (Wildman–Crippen MR) is 65.0 cm³/mol. The van der Waals surface area contributed by atoms with Gasteiger partial charge in [-0.05, 0) is 38.5 Å². The molecule has 4 nitrogen and oxygen atoms in total. The number of hydrogen-bond acceptors (Lipinski definition) is 2. The van der Waals surface area contributed by atoms with E-state index in [1.807, 2.05) is 6.92 Å². The predicted octanol–water partition coefficient (Wildman–Crippen LogP) is 1.07. The molecule has 0 aromatic heterocycles. The van der Waals surface area contributed by atoms with Crippen LogP contribution >= 0.6 is 0 Å². The molecular formula is C13H20N2O2. The van der Waals surface area contributed by atoms with Crippen LogP contribution in [0, 0.1) is 11.8 Å². The number of nitrogens with zero attached hydrogens (tertiary/aromatic N) is 1. The first-order chi connectivity index (χ1) is 8.08. The largest absolute Gasteiger partial charge is 0.369 e. The number of amides is 2. The van der Waals surface area contributed by atoms with Gasteiger partial charge in [0.2, 0.25) is 11.8 Å². The molecule has 1 heterocycles. The topological polar surface area (TPSA) is 63.4 Å². The fraction of sp³-hybridized carbons (Fsp3) is 0.692. The van der Waals surface area contributed by atoms with Crippen LogP contribution in [0.3, 0.4) is 0 Å². The Balaban J connectivity index is 1.94. The van der Waals surface area contributed by atoms with Crippen LogP contribution in [0.2, 0.25) is 0 Å². The van der Waals surface area contributed by atoms with Crippen LogP contribution in [0.5, 0.6) is 0 Å². The highest BCUT2D eigenvalue weighted by atomic mass is 16.2. The van der Waals surface area contributed by atoms with E-state index in [0.29, 0.717) is 12.5 Å². The summed E-state index contributed by atoms with van der Waals surface area (Å²) in [7, 11) is 0. The lowest BCUT2D eigenvalue weighted by Gasteiger charge is -2.30. The van der Waals surface area contributed by atoms with Crippen molar-refractivity contribution >= 4 is 11.8 Å². The van der Waals surface area contributed by atoms with E-state index in [1.165, 1.54) is 18.4 Å². The third-order valence-corrected chi connectivity index (χ3v) is 3.71. The Morgan fingerprint density at radius 1 is 1.24 bits per heavy atom. The lowest BCUT2D eigenvalue weighted by molar-refractivity contribution is -0.130. The molecule has 0 aromatic rings. The summed E-state index contributed by atoms with van der Waals surface area (Å²) in [5.74, 6) is 0.212. The maximum atomic E-state index is 12.0. The molecule has 2 amide bonds. The van der Waals surface area contributed by atoms with Gasteiger partial charge in [0.1, 0.15) is 0 Å². The van der Waals surface area contributed by atoms with Crippen molar-refractivity contribution in [3.05, 3.63) is 11.6 Å². The minimum absolute atomic E-state index is 0.0420. The minimum atomic E-state index is -0.287. The van der Waals surface area contributed by atoms with Gasteiger partial charge in [0.05, 0.1) is 5.92 Å². The number of rotatable bonds is 3. The molecule has 4 heteroatoms. The molecule has 17 heavy (non-hydrogen) atoms. The quantitative estimate of drug-likeness (QED) is 0.745. The Hall–Kier alpha value is -1.32. The zero-order valence-corrected chi connectivity index (χ0v) is 10.3. The molecule has 2 aliphatic rings. The molecule has 1 saturated heterocycles. The van der Waals surface area contributed by atoms with E-state index in [2.05, 4.69) is 0 Å². The molecule has 1 atom stereocenters. The molecule has 94 valence electrons. The van der Waals surface area contributed by atoms with Gasteiger partial charge in [-0.3, -0.25) is 9.59 Å². The first-order valence-electron chi connectivity index (χ1n) is 6.34. The summed E-state index contributed by atoms with van der Waals surface area (Å²) in [5.41, 5.74) is 6.47. The fourth-order valence-electron chi connectivity index (χ4n) is 2.35. The summed E-state index contributed by atoms with van der Waals surface area (Å²) in [6, 6.07) is 0. The Labute approximate surface area is 102 Å². The molecule has 0 radical (unpaired) electrons. The molecule has 0 bridgehead atoms. The second-order valence-corrected chi connectivity index (χ2v) is 5.19. The number of likely N-dealkylation sites (tertiary alicyclic amines) is 1. The Morgan fingerprint density at radius 2 is 1.94 bits per heavy atom. The number of carbonyl (C=O) groups excluding carboxylic acids is 2. The smallest absolute Gasteiger partial charge is 0.246 e. The fourth-order valence-corrected chi connectivity index (χ4v) is 2.35. The second-order valence-electron chi connectivity index (χ2n) is 5.19. The van der Waals surface area contributed by atoms with Crippen LogP contribution in [0.25, 0.3) is 0 Å². The summed E-state index contributed by atoms with van der Waals surface area (Å²) in [6.45, 7) is 3.25. The summed E-state index contributed by atoms with van der Waals surface area (Å²) >= 11 is 0. The van der Waals surface area contributed by atoms with Crippen molar-refractivity contribution in [2.75, 3.05) is 13.1 Å². The van der Waals surface area contributed by atoms with Gasteiger partial charge in [-0.2, -0.15) is 0 Å². The molecule has 1 saturated carbocycles. The monoisotopic (exact) mass is 236 g/mol. The van der Waals surface area contributed by atoms with Gasteiger partial charge in [0, 0.05) is 19.2 Å². The number of piperidine rings is 1. The lowest BCUT2D eigenvalue weighted by atomic mass is 9.97. The maximum Gasteiger partial charge on any atom is 0.246 e. The average Bonchev–Trinajstić information content (AvgIpc) is 3.12. The van der Waals surface area contributed by atoms with Gasteiger partial charge in [0.15, 0.2) is 0 Å². The van der Waals surface area contributed by atoms with Crippen LogP contribution in [-0.2, 0) is 9.59 Å². The van der Waals surface area contributed by atoms with Crippen molar-refractivity contribution in [2.45, 2.75) is 32.6 Å². The van der Waals surface area contributed by atoms with Gasteiger partial charge in [-0.1, -0.05) is 5.57 Å². The van der Waals surface area contributed by atoms with Gasteiger partial charge in [-0.25, -0.2) is 0 Å². The third-order valence-electron chi connectivity index (χ3n) is 3.71. The second kappa shape index (κ2) is 4.90. The van der Waals surface area contributed by atoms with Gasteiger partial charge < -0.3 is 10.6 Å². The van der Waals surface area contributed by atoms with E-state index in [9.17, 15) is 9.59 Å². The van der Waals surface area contributed by atoms with Crippen LogP contribution in [0.4, 0.5) is 0 Å². The van der Waals surface area contributed by atoms with Crippen molar-refractivity contribution in [1.82, 2.24) is 4.90 Å². The first-order valence-corrected chi connectivity index (χ1v) is 6.34. The third kappa shape index (κ3) is 3.08. The van der Waals surface area contributed by atoms with E-state index in [4.69, 9.17) is 5.73 Å². The number of primary amides is 1. The highest BCUT2D eigenvalue weighted by molar-refractivity contribution is 5.89. The lowest BCUT2D eigenvalue weighted by Crippen LogP contribution is -2.43. The molecule has 2 rings (SSSR count). The van der Waals surface area contributed by atoms with Crippen molar-refractivity contribution < 1.29 is 9.59 Å². The van der Waals surface area contributed by atoms with Crippen LogP contribution in [0.15, 0.2) is 11.6 Å². The van der Waals surface area contributed by atoms with E-state index in [1.54, 1.807) is 11.0 Å². The number of hydrogen-bond donors (Lipinski definition) is 1. The molecule has 0 unspecified atom stereocenters. The highest BCUT2D eigenvalue weighted by Crippen LogP contribution is 2.36. The first kappa shape index (κ1) is 12.1. The summed E-state index contributed by atoms with van der Waals surface area (Å²) < 4.78 is 0. The minimum Gasteiger partial charge on any atom is -0.369 e. The Bertz CT molecular complexity index is 358. The summed E-state index contributed by atoms with van der Waals surface area (Å²) in [6.07, 6.45) is 5.83. The van der Waals surface area contributed by atoms with Crippen LogP contribution in [-0.4, -0.2) is 29.8 Å². The zero-order chi connectivity index (χ0) is 12.4. The van der Waals surface area contributed by atoms with E-state index < -0.39 is 0 Å². The normalized spacial score (nSPS) is 25.8. The van der Waals surface area contributed by atoms with E-state index in [0.717, 1.165) is 19.4 Å². The van der Waals surface area contributed by atoms with E-state index >= 15 is 0 Å². The van der Waals surface area contributed by atoms with Gasteiger partial charge >= 0.3 is 0 Å². The van der Waals surface area contributed by atoms with Crippen molar-refractivity contribution in [1.29, 1.82) is 0 Å². The summed E-state index contributed by atoms with van der Waals surface area (Å²) in [4.78, 5) is 24.9. The van der Waals surface area contributed by atoms with Gasteiger partial charge in [-0.15, -0.1) is 0 Å². The van der Waals surface area contributed by atoms with Crippen molar-refractivity contribution in [3.8, 4) is 0 Å². The SMILES string of the molecule is C/C(=C/C(=O)N1CCC[C@@H](C(N)=O)C1)C1CC1. The highest BCUT2D eigenvalue weighted by Gasteiger charge is 2.28. The summed E-state index contributed by atoms with van der Waals surface area (Å²) in [5, 5.41) is 0. The molecule has 0 spiro atoms. The van der Waals surface area contributed by atoms with E-state index in [-0.39, 0.29) is 17.7 Å². The van der Waals surface area contributed by atoms with Crippen LogP contribution in [0.1, 0.15) is 32.6 Å². The molecule has 0 aromatic carbocycles. The molecule has 1 aliphatic carbocycles. The Kier molecular flexibility index (Phi) is 3.50. The molecule has 2 fully saturated rings. The molecular weight excluding hydrogens is 216 g/mol. The van der Waals surface area contributed by atoms with Crippen molar-refractivity contribution in [3.63, 3.8) is 0 Å². The standard InChI is InChI=1S/C13H20N2O2/c1-9(10-4-5-10)7-12(16)15-6-2-3-11(8-15)13(14)17/h7,10-11H,2-6,8H2,1H3,(H2,14,17)/b9-7-/t11-/m1/s1. The molecule has 1 aliphatic heterocycles. The number of nitrogens with two attached hydrogens (primary N) is 1. The number of allylic oxidation sites excluding steroid dienone is 1.